The highest BCUT2D eigenvalue weighted by Crippen LogP contribution is 2.44. The first-order valence-electron chi connectivity index (χ1n) is 9.40. The molecule has 4 rings (SSSR count). The van der Waals surface area contributed by atoms with Gasteiger partial charge in [0, 0.05) is 17.9 Å². The van der Waals surface area contributed by atoms with Crippen LogP contribution in [0.25, 0.3) is 0 Å². The number of benzene rings is 2. The SMILES string of the molecule is C=C1CCC(C(=O)C2N[C@@H](Cc3ccccc3)CO2)C1c1ccccc1. The van der Waals surface area contributed by atoms with Crippen molar-refractivity contribution in [3.8, 4) is 0 Å². The van der Waals surface area contributed by atoms with Gasteiger partial charge in [0.25, 0.3) is 0 Å². The molecule has 2 aliphatic rings. The molecule has 2 aromatic carbocycles. The number of hydrogen-bond donors (Lipinski definition) is 1. The zero-order chi connectivity index (χ0) is 17.9. The summed E-state index contributed by atoms with van der Waals surface area (Å²) in [6.07, 6.45) is 2.16. The maximum Gasteiger partial charge on any atom is 0.180 e. The van der Waals surface area contributed by atoms with E-state index in [0.717, 1.165) is 24.8 Å². The van der Waals surface area contributed by atoms with Crippen LogP contribution in [0.5, 0.6) is 0 Å². The van der Waals surface area contributed by atoms with Crippen LogP contribution in [0.3, 0.4) is 0 Å². The Labute approximate surface area is 155 Å². The Morgan fingerprint density at radius 1 is 1.08 bits per heavy atom. The van der Waals surface area contributed by atoms with Gasteiger partial charge < -0.3 is 4.74 Å². The highest BCUT2D eigenvalue weighted by atomic mass is 16.5. The number of ketones is 1. The fourth-order valence-electron chi connectivity index (χ4n) is 4.28. The summed E-state index contributed by atoms with van der Waals surface area (Å²) in [5, 5.41) is 3.40. The summed E-state index contributed by atoms with van der Waals surface area (Å²) in [6, 6.07) is 20.8. The van der Waals surface area contributed by atoms with Crippen molar-refractivity contribution < 1.29 is 9.53 Å². The highest BCUT2D eigenvalue weighted by molar-refractivity contribution is 5.87. The van der Waals surface area contributed by atoms with Crippen LogP contribution in [-0.2, 0) is 16.0 Å². The Bertz CT molecular complexity index is 771. The van der Waals surface area contributed by atoms with Crippen molar-refractivity contribution >= 4 is 5.78 Å². The van der Waals surface area contributed by atoms with Crippen LogP contribution in [0, 0.1) is 5.92 Å². The lowest BCUT2D eigenvalue weighted by Gasteiger charge is -2.22. The van der Waals surface area contributed by atoms with E-state index in [1.807, 2.05) is 36.4 Å². The average Bonchev–Trinajstić information content (AvgIpc) is 3.29. The zero-order valence-electron chi connectivity index (χ0n) is 14.9. The summed E-state index contributed by atoms with van der Waals surface area (Å²) in [6.45, 7) is 4.81. The van der Waals surface area contributed by atoms with Crippen molar-refractivity contribution in [2.75, 3.05) is 6.61 Å². The summed E-state index contributed by atoms with van der Waals surface area (Å²) >= 11 is 0. The van der Waals surface area contributed by atoms with E-state index in [2.05, 4.69) is 36.2 Å². The smallest absolute Gasteiger partial charge is 0.180 e. The molecule has 0 bridgehead atoms. The summed E-state index contributed by atoms with van der Waals surface area (Å²) in [4.78, 5) is 13.1. The van der Waals surface area contributed by atoms with Gasteiger partial charge in [0.05, 0.1) is 6.61 Å². The lowest BCUT2D eigenvalue weighted by molar-refractivity contribution is -0.133. The Morgan fingerprint density at radius 3 is 2.50 bits per heavy atom. The summed E-state index contributed by atoms with van der Waals surface area (Å²) in [7, 11) is 0. The lowest BCUT2D eigenvalue weighted by Crippen LogP contribution is -2.41. The van der Waals surface area contributed by atoms with Crippen LogP contribution < -0.4 is 5.32 Å². The van der Waals surface area contributed by atoms with E-state index in [4.69, 9.17) is 4.74 Å². The fraction of sp³-hybridized carbons (Fsp3) is 0.348. The van der Waals surface area contributed by atoms with Crippen LogP contribution >= 0.6 is 0 Å². The number of carbonyl (C=O) groups excluding carboxylic acids is 1. The standard InChI is InChI=1S/C23H25NO2/c1-16-12-13-20(21(16)18-10-6-3-7-11-18)22(25)23-24-19(15-26-23)14-17-8-4-2-5-9-17/h2-11,19-21,23-24H,1,12-15H2/t19-,20?,21?,23?/m0/s1. The predicted octanol–water partition coefficient (Wildman–Crippen LogP) is 3.86. The number of nitrogens with one attached hydrogen (secondary N) is 1. The van der Waals surface area contributed by atoms with E-state index < -0.39 is 6.23 Å². The van der Waals surface area contributed by atoms with Gasteiger partial charge in [-0.25, -0.2) is 0 Å². The van der Waals surface area contributed by atoms with Crippen molar-refractivity contribution in [2.45, 2.75) is 37.5 Å². The molecule has 134 valence electrons. The molecule has 3 heteroatoms. The quantitative estimate of drug-likeness (QED) is 0.835. The van der Waals surface area contributed by atoms with E-state index >= 15 is 0 Å². The van der Waals surface area contributed by atoms with Gasteiger partial charge in [0.2, 0.25) is 0 Å². The fourth-order valence-corrected chi connectivity index (χ4v) is 4.28. The first kappa shape index (κ1) is 17.2. The molecular weight excluding hydrogens is 322 g/mol. The zero-order valence-corrected chi connectivity index (χ0v) is 14.9. The van der Waals surface area contributed by atoms with Crippen molar-refractivity contribution in [1.82, 2.24) is 5.32 Å². The maximum atomic E-state index is 13.1. The van der Waals surface area contributed by atoms with Gasteiger partial charge in [-0.05, 0) is 30.4 Å². The minimum atomic E-state index is -0.495. The highest BCUT2D eigenvalue weighted by Gasteiger charge is 2.41. The molecule has 0 amide bonds. The van der Waals surface area contributed by atoms with Gasteiger partial charge in [-0.1, -0.05) is 72.8 Å². The van der Waals surface area contributed by atoms with Crippen LogP contribution in [0.4, 0.5) is 0 Å². The van der Waals surface area contributed by atoms with E-state index in [-0.39, 0.29) is 23.7 Å². The molecule has 0 spiro atoms. The molecule has 1 saturated heterocycles. The van der Waals surface area contributed by atoms with Crippen LogP contribution in [0.2, 0.25) is 0 Å². The number of ether oxygens (including phenoxy) is 1. The molecule has 1 heterocycles. The van der Waals surface area contributed by atoms with Crippen molar-refractivity contribution in [2.24, 2.45) is 5.92 Å². The molecule has 2 aromatic rings. The topological polar surface area (TPSA) is 38.3 Å². The molecule has 26 heavy (non-hydrogen) atoms. The largest absolute Gasteiger partial charge is 0.354 e. The molecule has 3 nitrogen and oxygen atoms in total. The first-order valence-corrected chi connectivity index (χ1v) is 9.40. The minimum Gasteiger partial charge on any atom is -0.354 e. The van der Waals surface area contributed by atoms with E-state index in [9.17, 15) is 4.79 Å². The summed E-state index contributed by atoms with van der Waals surface area (Å²) in [5.74, 6) is 0.244. The number of Topliss-reactive ketones (excluding diaryl/α,β-unsaturated/α-hetero) is 1. The van der Waals surface area contributed by atoms with Crippen LogP contribution in [-0.4, -0.2) is 24.7 Å². The number of allylic oxidation sites excluding steroid dienone is 1. The molecule has 1 aliphatic carbocycles. The van der Waals surface area contributed by atoms with Crippen LogP contribution in [0.15, 0.2) is 72.8 Å². The van der Waals surface area contributed by atoms with E-state index in [1.165, 1.54) is 11.1 Å². The maximum absolute atomic E-state index is 13.1. The third-order valence-electron chi connectivity index (χ3n) is 5.58. The predicted molar refractivity (Wildman–Crippen MR) is 103 cm³/mol. The van der Waals surface area contributed by atoms with Crippen molar-refractivity contribution in [3.63, 3.8) is 0 Å². The molecule has 3 unspecified atom stereocenters. The second kappa shape index (κ2) is 7.56. The molecule has 4 atom stereocenters. The summed E-state index contributed by atoms with van der Waals surface area (Å²) < 4.78 is 5.84. The van der Waals surface area contributed by atoms with E-state index in [1.54, 1.807) is 0 Å². The Kier molecular flexibility index (Phi) is 5.00. The van der Waals surface area contributed by atoms with Gasteiger partial charge in [-0.15, -0.1) is 0 Å². The first-order chi connectivity index (χ1) is 12.7. The normalized spacial score (nSPS) is 28.4. The summed E-state index contributed by atoms with van der Waals surface area (Å²) in [5.41, 5.74) is 3.61. The van der Waals surface area contributed by atoms with Crippen molar-refractivity contribution in [3.05, 3.63) is 83.9 Å². The molecular formula is C23H25NO2. The second-order valence-electron chi connectivity index (χ2n) is 7.36. The third-order valence-corrected chi connectivity index (χ3v) is 5.58. The monoisotopic (exact) mass is 347 g/mol. The molecule has 1 N–H and O–H groups in total. The Balaban J connectivity index is 1.43. The van der Waals surface area contributed by atoms with Gasteiger partial charge in [-0.3, -0.25) is 10.1 Å². The van der Waals surface area contributed by atoms with Gasteiger partial charge in [-0.2, -0.15) is 0 Å². The Hall–Kier alpha value is -2.23. The molecule has 0 radical (unpaired) electrons. The number of rotatable bonds is 5. The Morgan fingerprint density at radius 2 is 1.77 bits per heavy atom. The lowest BCUT2D eigenvalue weighted by atomic mass is 9.84. The molecule has 1 aliphatic heterocycles. The molecule has 1 saturated carbocycles. The van der Waals surface area contributed by atoms with Crippen molar-refractivity contribution in [1.29, 1.82) is 0 Å². The van der Waals surface area contributed by atoms with Crippen LogP contribution in [0.1, 0.15) is 29.9 Å². The second-order valence-corrected chi connectivity index (χ2v) is 7.36. The number of hydrogen-bond acceptors (Lipinski definition) is 3. The van der Waals surface area contributed by atoms with Gasteiger partial charge in [0.1, 0.15) is 0 Å². The average molecular weight is 347 g/mol. The molecule has 0 aromatic heterocycles. The molecule has 2 fully saturated rings. The third kappa shape index (κ3) is 3.50. The van der Waals surface area contributed by atoms with Gasteiger partial charge in [0.15, 0.2) is 12.0 Å². The van der Waals surface area contributed by atoms with Gasteiger partial charge >= 0.3 is 0 Å². The minimum absolute atomic E-state index is 0.0436. The van der Waals surface area contributed by atoms with E-state index in [0.29, 0.717) is 6.61 Å². The number of carbonyl (C=O) groups is 1.